The highest BCUT2D eigenvalue weighted by Crippen LogP contribution is 2.18. The minimum absolute atomic E-state index is 0.0441. The summed E-state index contributed by atoms with van der Waals surface area (Å²) in [5.74, 6) is -0.170. The molecular weight excluding hydrogens is 401 g/mol. The Balaban J connectivity index is 1.45. The molecule has 3 rings (SSSR count). The monoisotopic (exact) mass is 429 g/mol. The number of nitrogens with one attached hydrogen (secondary N) is 1. The molecule has 7 nitrogen and oxygen atoms in total. The number of likely N-dealkylation sites (tertiary alicyclic amines) is 1. The van der Waals surface area contributed by atoms with E-state index in [1.54, 1.807) is 36.4 Å². The van der Waals surface area contributed by atoms with E-state index in [0.29, 0.717) is 38.7 Å². The van der Waals surface area contributed by atoms with Crippen LogP contribution in [0.3, 0.4) is 0 Å². The van der Waals surface area contributed by atoms with E-state index in [1.807, 2.05) is 6.07 Å². The van der Waals surface area contributed by atoms with Crippen LogP contribution in [0.2, 0.25) is 0 Å². The van der Waals surface area contributed by atoms with E-state index in [0.717, 1.165) is 24.0 Å². The Hall–Kier alpha value is -3.00. The van der Waals surface area contributed by atoms with Crippen LogP contribution in [0.25, 0.3) is 0 Å². The summed E-state index contributed by atoms with van der Waals surface area (Å²) < 4.78 is 23.4. The van der Waals surface area contributed by atoms with Crippen molar-refractivity contribution in [2.75, 3.05) is 33.4 Å². The molecule has 0 radical (unpaired) electrons. The van der Waals surface area contributed by atoms with Crippen molar-refractivity contribution < 1.29 is 23.5 Å². The van der Waals surface area contributed by atoms with Gasteiger partial charge < -0.3 is 19.7 Å². The van der Waals surface area contributed by atoms with E-state index < -0.39 is 0 Å². The summed E-state index contributed by atoms with van der Waals surface area (Å²) in [7, 11) is 1.61. The Morgan fingerprint density at radius 2 is 1.94 bits per heavy atom. The Kier molecular flexibility index (Phi) is 8.35. The average Bonchev–Trinajstić information content (AvgIpc) is 2.80. The molecular formula is C23H28FN3O4. The van der Waals surface area contributed by atoms with Gasteiger partial charge >= 0.3 is 0 Å². The highest BCUT2D eigenvalue weighted by molar-refractivity contribution is 5.82. The number of carbonyl (C=O) groups is 2. The third kappa shape index (κ3) is 7.03. The van der Waals surface area contributed by atoms with Crippen molar-refractivity contribution in [1.29, 1.82) is 0 Å². The van der Waals surface area contributed by atoms with Crippen LogP contribution in [0.15, 0.2) is 42.6 Å². The second kappa shape index (κ2) is 11.4. The largest absolute Gasteiger partial charge is 0.475 e. The number of hydrogen-bond donors (Lipinski definition) is 1. The smallest absolute Gasteiger partial charge is 0.227 e. The van der Waals surface area contributed by atoms with Gasteiger partial charge in [0, 0.05) is 39.0 Å². The number of methoxy groups -OCH3 is 1. The molecule has 0 spiro atoms. The molecule has 2 aromatic rings. The van der Waals surface area contributed by atoms with E-state index in [9.17, 15) is 14.0 Å². The highest BCUT2D eigenvalue weighted by Gasteiger charge is 2.28. The minimum atomic E-state index is -0.325. The van der Waals surface area contributed by atoms with Crippen LogP contribution in [0, 0.1) is 11.7 Å². The van der Waals surface area contributed by atoms with Gasteiger partial charge in [-0.25, -0.2) is 9.37 Å². The van der Waals surface area contributed by atoms with Gasteiger partial charge in [0.1, 0.15) is 12.4 Å². The molecule has 0 saturated carbocycles. The van der Waals surface area contributed by atoms with Crippen molar-refractivity contribution in [3.63, 3.8) is 0 Å². The first-order valence-corrected chi connectivity index (χ1v) is 10.4. The summed E-state index contributed by atoms with van der Waals surface area (Å²) in [4.78, 5) is 31.2. The summed E-state index contributed by atoms with van der Waals surface area (Å²) in [5.41, 5.74) is 1.63. The van der Waals surface area contributed by atoms with Crippen molar-refractivity contribution >= 4 is 11.8 Å². The lowest BCUT2D eigenvalue weighted by Crippen LogP contribution is -2.45. The third-order valence-electron chi connectivity index (χ3n) is 5.22. The van der Waals surface area contributed by atoms with Crippen LogP contribution < -0.4 is 10.1 Å². The molecule has 1 N–H and O–H groups in total. The number of carbonyl (C=O) groups excluding carboxylic acids is 2. The first-order valence-electron chi connectivity index (χ1n) is 10.4. The molecule has 2 amide bonds. The Morgan fingerprint density at radius 3 is 2.65 bits per heavy atom. The number of amides is 2. The fourth-order valence-corrected chi connectivity index (χ4v) is 3.47. The molecule has 0 bridgehead atoms. The normalized spacial score (nSPS) is 16.1. The van der Waals surface area contributed by atoms with Crippen LogP contribution in [-0.4, -0.2) is 55.1 Å². The molecule has 1 aliphatic rings. The van der Waals surface area contributed by atoms with E-state index in [4.69, 9.17) is 9.47 Å². The number of aromatic nitrogens is 1. The molecule has 1 aromatic carbocycles. The molecule has 166 valence electrons. The van der Waals surface area contributed by atoms with Crippen molar-refractivity contribution in [1.82, 2.24) is 15.2 Å². The first-order chi connectivity index (χ1) is 15.0. The zero-order valence-corrected chi connectivity index (χ0v) is 17.7. The number of rotatable bonds is 9. The maximum Gasteiger partial charge on any atom is 0.227 e. The molecule has 0 aliphatic carbocycles. The summed E-state index contributed by atoms with van der Waals surface area (Å²) in [6.45, 7) is 2.32. The van der Waals surface area contributed by atoms with Gasteiger partial charge in [-0.15, -0.1) is 0 Å². The van der Waals surface area contributed by atoms with Crippen LogP contribution >= 0.6 is 0 Å². The van der Waals surface area contributed by atoms with Crippen LogP contribution in [-0.2, 0) is 27.3 Å². The number of hydrogen-bond acceptors (Lipinski definition) is 5. The Bertz CT molecular complexity index is 858. The van der Waals surface area contributed by atoms with Gasteiger partial charge in [0.15, 0.2) is 0 Å². The number of piperidine rings is 1. The maximum atomic E-state index is 13.0. The van der Waals surface area contributed by atoms with Gasteiger partial charge in [-0.1, -0.05) is 18.2 Å². The lowest BCUT2D eigenvalue weighted by Gasteiger charge is -2.32. The molecule has 1 unspecified atom stereocenters. The topological polar surface area (TPSA) is 80.8 Å². The van der Waals surface area contributed by atoms with Gasteiger partial charge in [0.2, 0.25) is 17.7 Å². The van der Waals surface area contributed by atoms with Gasteiger partial charge in [-0.05, 0) is 36.1 Å². The number of ether oxygens (including phenoxy) is 2. The molecule has 1 fully saturated rings. The molecule has 8 heteroatoms. The summed E-state index contributed by atoms with van der Waals surface area (Å²) in [6.07, 6.45) is 3.40. The fraction of sp³-hybridized carbons (Fsp3) is 0.435. The molecule has 1 aromatic heterocycles. The minimum Gasteiger partial charge on any atom is -0.475 e. The second-order valence-electron chi connectivity index (χ2n) is 7.55. The lowest BCUT2D eigenvalue weighted by atomic mass is 9.96. The SMILES string of the molecule is COCCOc1ccc(CNC(=O)C2CCCN(C(=O)Cc3ccc(F)cc3)C2)cn1. The van der Waals surface area contributed by atoms with Gasteiger partial charge in [0.25, 0.3) is 0 Å². The second-order valence-corrected chi connectivity index (χ2v) is 7.55. The van der Waals surface area contributed by atoms with Crippen molar-refractivity contribution in [3.8, 4) is 5.88 Å². The van der Waals surface area contributed by atoms with Gasteiger partial charge in [-0.3, -0.25) is 9.59 Å². The van der Waals surface area contributed by atoms with Gasteiger partial charge in [0.05, 0.1) is 18.9 Å². The molecule has 1 aliphatic heterocycles. The van der Waals surface area contributed by atoms with E-state index in [1.165, 1.54) is 12.1 Å². The Labute approximate surface area is 181 Å². The predicted octanol–water partition coefficient (Wildman–Crippen LogP) is 2.34. The predicted molar refractivity (Wildman–Crippen MR) is 113 cm³/mol. The number of benzene rings is 1. The average molecular weight is 429 g/mol. The highest BCUT2D eigenvalue weighted by atomic mass is 19.1. The fourth-order valence-electron chi connectivity index (χ4n) is 3.47. The van der Waals surface area contributed by atoms with Crippen molar-refractivity contribution in [2.24, 2.45) is 5.92 Å². The summed E-state index contributed by atoms with van der Waals surface area (Å²) in [5, 5.41) is 2.94. The quantitative estimate of drug-likeness (QED) is 0.619. The number of nitrogens with zero attached hydrogens (tertiary/aromatic N) is 2. The molecule has 2 heterocycles. The zero-order valence-electron chi connectivity index (χ0n) is 17.7. The molecule has 1 saturated heterocycles. The van der Waals surface area contributed by atoms with Gasteiger partial charge in [-0.2, -0.15) is 0 Å². The molecule has 31 heavy (non-hydrogen) atoms. The standard InChI is InChI=1S/C23H28FN3O4/c1-30-11-12-31-21-9-6-18(14-25-21)15-26-23(29)19-3-2-10-27(16-19)22(28)13-17-4-7-20(24)8-5-17/h4-9,14,19H,2-3,10-13,15-16H2,1H3,(H,26,29). The van der Waals surface area contributed by atoms with Crippen LogP contribution in [0.1, 0.15) is 24.0 Å². The first kappa shape index (κ1) is 22.7. The summed E-state index contributed by atoms with van der Waals surface area (Å²) in [6, 6.07) is 9.54. The number of pyridine rings is 1. The maximum absolute atomic E-state index is 13.0. The van der Waals surface area contributed by atoms with E-state index in [-0.39, 0.29) is 30.0 Å². The van der Waals surface area contributed by atoms with E-state index >= 15 is 0 Å². The van der Waals surface area contributed by atoms with Crippen LogP contribution in [0.4, 0.5) is 4.39 Å². The Morgan fingerprint density at radius 1 is 1.16 bits per heavy atom. The third-order valence-corrected chi connectivity index (χ3v) is 5.22. The lowest BCUT2D eigenvalue weighted by molar-refractivity contribution is -0.135. The zero-order chi connectivity index (χ0) is 22.1. The van der Waals surface area contributed by atoms with Crippen molar-refractivity contribution in [3.05, 3.63) is 59.5 Å². The molecule has 1 atom stereocenters. The van der Waals surface area contributed by atoms with Crippen molar-refractivity contribution in [2.45, 2.75) is 25.8 Å². The van der Waals surface area contributed by atoms with Crippen LogP contribution in [0.5, 0.6) is 5.88 Å². The van der Waals surface area contributed by atoms with E-state index in [2.05, 4.69) is 10.3 Å². The number of halogens is 1. The summed E-state index contributed by atoms with van der Waals surface area (Å²) >= 11 is 0.